The first kappa shape index (κ1) is 17.4. The van der Waals surface area contributed by atoms with Crippen molar-refractivity contribution in [1.82, 2.24) is 20.2 Å². The number of nitrogens with zero attached hydrogens (tertiary/aromatic N) is 3. The standard InChI is InChI=1S/C19H26N4O3/c1-10-17(11(2)22-9-21-10)18(25)20-8-13-5-14-3-4-16(13)23(14)19(26)12-6-15(24)7-12/h9,12-16,24H,3-8H2,1-2H3,(H,20,25). The molecule has 1 aromatic rings. The number of nitrogens with one attached hydrogen (secondary N) is 1. The lowest BCUT2D eigenvalue weighted by atomic mass is 9.81. The summed E-state index contributed by atoms with van der Waals surface area (Å²) < 4.78 is 0. The molecule has 3 fully saturated rings. The van der Waals surface area contributed by atoms with Crippen molar-refractivity contribution in [3.63, 3.8) is 0 Å². The molecule has 0 spiro atoms. The van der Waals surface area contributed by atoms with E-state index in [0.29, 0.717) is 48.3 Å². The number of fused-ring (bicyclic) bond motifs is 2. The summed E-state index contributed by atoms with van der Waals surface area (Å²) in [6.07, 6.45) is 5.39. The molecule has 7 nitrogen and oxygen atoms in total. The Hall–Kier alpha value is -2.02. The van der Waals surface area contributed by atoms with Crippen LogP contribution in [0.2, 0.25) is 0 Å². The quantitative estimate of drug-likeness (QED) is 0.836. The molecule has 4 rings (SSSR count). The Balaban J connectivity index is 1.38. The van der Waals surface area contributed by atoms with E-state index in [0.717, 1.165) is 19.3 Å². The summed E-state index contributed by atoms with van der Waals surface area (Å²) in [5, 5.41) is 12.5. The number of aryl methyl sites for hydroxylation is 2. The van der Waals surface area contributed by atoms with Crippen LogP contribution in [0, 0.1) is 25.7 Å². The molecule has 140 valence electrons. The predicted molar refractivity (Wildman–Crippen MR) is 94.3 cm³/mol. The van der Waals surface area contributed by atoms with Crippen LogP contribution in [0.25, 0.3) is 0 Å². The van der Waals surface area contributed by atoms with Gasteiger partial charge in [0.2, 0.25) is 5.91 Å². The number of amides is 2. The second-order valence-corrected chi connectivity index (χ2v) is 7.99. The lowest BCUT2D eigenvalue weighted by Crippen LogP contribution is -2.46. The summed E-state index contributed by atoms with van der Waals surface area (Å²) in [7, 11) is 0. The molecule has 3 heterocycles. The van der Waals surface area contributed by atoms with Crippen LogP contribution in [0.4, 0.5) is 0 Å². The van der Waals surface area contributed by atoms with Gasteiger partial charge in [-0.25, -0.2) is 9.97 Å². The van der Waals surface area contributed by atoms with Crippen LogP contribution in [0.15, 0.2) is 6.33 Å². The highest BCUT2D eigenvalue weighted by molar-refractivity contribution is 5.96. The topological polar surface area (TPSA) is 95.4 Å². The van der Waals surface area contributed by atoms with Crippen LogP contribution in [-0.4, -0.2) is 56.5 Å². The molecule has 1 aliphatic carbocycles. The van der Waals surface area contributed by atoms with Crippen LogP contribution in [0.3, 0.4) is 0 Å². The fourth-order valence-corrected chi connectivity index (χ4v) is 4.91. The third-order valence-corrected chi connectivity index (χ3v) is 6.36. The molecular weight excluding hydrogens is 332 g/mol. The minimum absolute atomic E-state index is 0.00629. The van der Waals surface area contributed by atoms with Crippen molar-refractivity contribution in [3.8, 4) is 0 Å². The van der Waals surface area contributed by atoms with Gasteiger partial charge in [0.05, 0.1) is 23.1 Å². The minimum Gasteiger partial charge on any atom is -0.393 e. The SMILES string of the molecule is Cc1ncnc(C)c1C(=O)NCC1CC2CCC1N2C(=O)C1CC(O)C1. The van der Waals surface area contributed by atoms with Crippen molar-refractivity contribution in [2.75, 3.05) is 6.54 Å². The summed E-state index contributed by atoms with van der Waals surface area (Å²) in [5.41, 5.74) is 1.92. The van der Waals surface area contributed by atoms with Gasteiger partial charge in [0.15, 0.2) is 0 Å². The van der Waals surface area contributed by atoms with Gasteiger partial charge in [-0.05, 0) is 51.9 Å². The Morgan fingerprint density at radius 3 is 2.54 bits per heavy atom. The first-order valence-electron chi connectivity index (χ1n) is 9.52. The summed E-state index contributed by atoms with van der Waals surface area (Å²) in [5.74, 6) is 0.369. The average molecular weight is 358 g/mol. The number of aromatic nitrogens is 2. The minimum atomic E-state index is -0.307. The number of hydrogen-bond donors (Lipinski definition) is 2. The number of hydrogen-bond acceptors (Lipinski definition) is 5. The van der Waals surface area contributed by atoms with E-state index < -0.39 is 0 Å². The van der Waals surface area contributed by atoms with E-state index in [1.807, 2.05) is 13.8 Å². The molecule has 1 aromatic heterocycles. The molecule has 0 radical (unpaired) electrons. The Morgan fingerprint density at radius 1 is 1.19 bits per heavy atom. The zero-order chi connectivity index (χ0) is 18.4. The highest BCUT2D eigenvalue weighted by Crippen LogP contribution is 2.44. The largest absolute Gasteiger partial charge is 0.393 e. The van der Waals surface area contributed by atoms with Gasteiger partial charge in [0.1, 0.15) is 6.33 Å². The summed E-state index contributed by atoms with van der Waals surface area (Å²) >= 11 is 0. The monoisotopic (exact) mass is 358 g/mol. The Kier molecular flexibility index (Phi) is 4.42. The first-order valence-corrected chi connectivity index (χ1v) is 9.52. The smallest absolute Gasteiger partial charge is 0.254 e. The predicted octanol–water partition coefficient (Wildman–Crippen LogP) is 0.974. The second kappa shape index (κ2) is 6.61. The van der Waals surface area contributed by atoms with E-state index in [1.54, 1.807) is 0 Å². The molecule has 2 saturated heterocycles. The molecule has 3 aliphatic rings. The third kappa shape index (κ3) is 2.88. The zero-order valence-electron chi connectivity index (χ0n) is 15.3. The van der Waals surface area contributed by atoms with Gasteiger partial charge in [-0.2, -0.15) is 0 Å². The van der Waals surface area contributed by atoms with E-state index in [2.05, 4.69) is 20.2 Å². The van der Waals surface area contributed by atoms with Gasteiger partial charge in [-0.3, -0.25) is 9.59 Å². The third-order valence-electron chi connectivity index (χ3n) is 6.36. The maximum atomic E-state index is 12.7. The van der Waals surface area contributed by atoms with E-state index in [4.69, 9.17) is 0 Å². The van der Waals surface area contributed by atoms with E-state index in [-0.39, 0.29) is 29.9 Å². The Labute approximate surface area is 153 Å². The molecule has 2 N–H and O–H groups in total. The summed E-state index contributed by atoms with van der Waals surface area (Å²) in [6.45, 7) is 4.20. The van der Waals surface area contributed by atoms with Crippen LogP contribution >= 0.6 is 0 Å². The number of aliphatic hydroxyl groups is 1. The van der Waals surface area contributed by atoms with Gasteiger partial charge in [-0.15, -0.1) is 0 Å². The fraction of sp³-hybridized carbons (Fsp3) is 0.684. The lowest BCUT2D eigenvalue weighted by molar-refractivity contribution is -0.143. The molecule has 2 amide bonds. The van der Waals surface area contributed by atoms with Crippen molar-refractivity contribution in [2.24, 2.45) is 11.8 Å². The molecule has 26 heavy (non-hydrogen) atoms. The number of carbonyl (C=O) groups is 2. The number of rotatable bonds is 4. The van der Waals surface area contributed by atoms with E-state index in [1.165, 1.54) is 6.33 Å². The molecule has 2 bridgehead atoms. The molecule has 7 heteroatoms. The van der Waals surface area contributed by atoms with Gasteiger partial charge in [0.25, 0.3) is 5.91 Å². The molecule has 1 saturated carbocycles. The van der Waals surface area contributed by atoms with Gasteiger partial charge >= 0.3 is 0 Å². The normalized spacial score (nSPS) is 32.4. The molecule has 3 unspecified atom stereocenters. The maximum Gasteiger partial charge on any atom is 0.254 e. The van der Waals surface area contributed by atoms with Crippen LogP contribution < -0.4 is 5.32 Å². The second-order valence-electron chi connectivity index (χ2n) is 7.99. The van der Waals surface area contributed by atoms with Crippen LogP contribution in [-0.2, 0) is 4.79 Å². The highest BCUT2D eigenvalue weighted by atomic mass is 16.3. The van der Waals surface area contributed by atoms with Crippen molar-refractivity contribution >= 4 is 11.8 Å². The average Bonchev–Trinajstić information content (AvgIpc) is 3.14. The van der Waals surface area contributed by atoms with Crippen LogP contribution in [0.1, 0.15) is 53.8 Å². The van der Waals surface area contributed by atoms with Gasteiger partial charge < -0.3 is 15.3 Å². The number of carbonyl (C=O) groups excluding carboxylic acids is 2. The van der Waals surface area contributed by atoms with Crippen molar-refractivity contribution < 1.29 is 14.7 Å². The van der Waals surface area contributed by atoms with Crippen molar-refractivity contribution in [2.45, 2.75) is 64.1 Å². The molecule has 0 aromatic carbocycles. The lowest BCUT2D eigenvalue weighted by Gasteiger charge is -2.35. The van der Waals surface area contributed by atoms with E-state index >= 15 is 0 Å². The number of aliphatic hydroxyl groups excluding tert-OH is 1. The van der Waals surface area contributed by atoms with Gasteiger partial charge in [0, 0.05) is 24.5 Å². The van der Waals surface area contributed by atoms with Crippen molar-refractivity contribution in [1.29, 1.82) is 0 Å². The first-order chi connectivity index (χ1) is 12.5. The van der Waals surface area contributed by atoms with Gasteiger partial charge in [-0.1, -0.05) is 0 Å². The molecular formula is C19H26N4O3. The zero-order valence-corrected chi connectivity index (χ0v) is 15.3. The van der Waals surface area contributed by atoms with E-state index in [9.17, 15) is 14.7 Å². The fourth-order valence-electron chi connectivity index (χ4n) is 4.91. The Bertz CT molecular complexity index is 711. The maximum absolute atomic E-state index is 12.7. The summed E-state index contributed by atoms with van der Waals surface area (Å²) in [4.78, 5) is 35.6. The van der Waals surface area contributed by atoms with Crippen molar-refractivity contribution in [3.05, 3.63) is 23.3 Å². The molecule has 3 atom stereocenters. The highest BCUT2D eigenvalue weighted by Gasteiger charge is 2.50. The summed E-state index contributed by atoms with van der Waals surface area (Å²) in [6, 6.07) is 0.524. The van der Waals surface area contributed by atoms with Crippen LogP contribution in [0.5, 0.6) is 0 Å². The molecule has 2 aliphatic heterocycles. The Morgan fingerprint density at radius 2 is 1.88 bits per heavy atom.